The molecular weight excluding hydrogens is 705 g/mol. The van der Waals surface area contributed by atoms with Crippen LogP contribution in [0.4, 0.5) is 0 Å². The molecule has 0 spiro atoms. The minimum atomic E-state index is 0.661. The highest BCUT2D eigenvalue weighted by molar-refractivity contribution is 7.27. The lowest BCUT2D eigenvalue weighted by Crippen LogP contribution is -2.00. The summed E-state index contributed by atoms with van der Waals surface area (Å²) < 4.78 is 6.04. The van der Waals surface area contributed by atoms with Gasteiger partial charge in [0.1, 0.15) is 5.01 Å². The van der Waals surface area contributed by atoms with Crippen molar-refractivity contribution in [3.05, 3.63) is 158 Å². The van der Waals surface area contributed by atoms with Crippen LogP contribution < -0.4 is 0 Å². The van der Waals surface area contributed by atoms with Crippen LogP contribution in [-0.4, -0.2) is 19.9 Å². The lowest BCUT2D eigenvalue weighted by Gasteiger charge is -2.09. The summed E-state index contributed by atoms with van der Waals surface area (Å²) in [5, 5.41) is 5.93. The van der Waals surface area contributed by atoms with Crippen LogP contribution in [0.3, 0.4) is 0 Å². The number of hydrogen-bond donors (Lipinski definition) is 0. The minimum Gasteiger partial charge on any atom is -0.236 e. The molecule has 0 unspecified atom stereocenters. The summed E-state index contributed by atoms with van der Waals surface area (Å²) in [5.74, 6) is 2.01. The van der Waals surface area contributed by atoms with Gasteiger partial charge in [0.15, 0.2) is 17.5 Å². The molecule has 7 aromatic carbocycles. The molecule has 11 aromatic rings. The first kappa shape index (κ1) is 30.5. The van der Waals surface area contributed by atoms with Crippen LogP contribution in [0.5, 0.6) is 0 Å². The second-order valence-electron chi connectivity index (χ2n) is 13.0. The largest absolute Gasteiger partial charge is 0.236 e. The van der Waals surface area contributed by atoms with Crippen molar-refractivity contribution in [2.45, 2.75) is 0 Å². The predicted molar refractivity (Wildman–Crippen MR) is 226 cm³/mol. The Labute approximate surface area is 316 Å². The summed E-state index contributed by atoms with van der Waals surface area (Å²) in [5.41, 5.74) is 7.52. The molecule has 7 heteroatoms. The van der Waals surface area contributed by atoms with Crippen molar-refractivity contribution < 1.29 is 0 Å². The second-order valence-corrected chi connectivity index (χ2v) is 16.1. The Balaban J connectivity index is 1.10. The molecule has 0 aliphatic rings. The van der Waals surface area contributed by atoms with E-state index in [0.717, 1.165) is 37.5 Å². The molecule has 4 nitrogen and oxygen atoms in total. The first-order chi connectivity index (χ1) is 26.2. The fourth-order valence-electron chi connectivity index (χ4n) is 7.30. The van der Waals surface area contributed by atoms with Crippen molar-refractivity contribution in [3.63, 3.8) is 0 Å². The summed E-state index contributed by atoms with van der Waals surface area (Å²) in [4.78, 5) is 20.5. The Morgan fingerprint density at radius 1 is 0.321 bits per heavy atom. The van der Waals surface area contributed by atoms with Crippen LogP contribution in [-0.2, 0) is 0 Å². The number of benzene rings is 7. The average Bonchev–Trinajstić information content (AvgIpc) is 3.95. The molecule has 0 amide bonds. The van der Waals surface area contributed by atoms with Gasteiger partial charge in [0, 0.05) is 62.6 Å². The van der Waals surface area contributed by atoms with Crippen LogP contribution >= 0.6 is 34.0 Å². The van der Waals surface area contributed by atoms with E-state index in [1.807, 2.05) is 35.6 Å². The molecule has 0 aliphatic carbocycles. The third-order valence-electron chi connectivity index (χ3n) is 9.79. The molecule has 0 fully saturated rings. The standard InChI is InChI=1S/C46H26N4S3/c1-2-12-27(13-3-1)43-48-44(35-21-10-18-32-31-16-4-6-24-38(31)51-41(32)35)50-45(49-43)36-22-11-20-34-33-19-9-17-30(40(33)53-42(34)36)28-14-8-15-29(26-28)46-47-37-23-5-7-25-39(37)52-46/h1-26H. The quantitative estimate of drug-likeness (QED) is 0.177. The van der Waals surface area contributed by atoms with Gasteiger partial charge in [-0.05, 0) is 47.5 Å². The van der Waals surface area contributed by atoms with Gasteiger partial charge in [-0.3, -0.25) is 0 Å². The maximum Gasteiger partial charge on any atom is 0.165 e. The minimum absolute atomic E-state index is 0.661. The molecule has 0 saturated heterocycles. The maximum absolute atomic E-state index is 5.27. The van der Waals surface area contributed by atoms with E-state index in [9.17, 15) is 0 Å². The van der Waals surface area contributed by atoms with Gasteiger partial charge in [-0.1, -0.05) is 121 Å². The van der Waals surface area contributed by atoms with E-state index >= 15 is 0 Å². The average molecular weight is 731 g/mol. The van der Waals surface area contributed by atoms with Gasteiger partial charge in [-0.25, -0.2) is 19.9 Å². The molecule has 0 N–H and O–H groups in total. The fraction of sp³-hybridized carbons (Fsp3) is 0. The molecule has 0 radical (unpaired) electrons. The van der Waals surface area contributed by atoms with Crippen molar-refractivity contribution in [1.29, 1.82) is 0 Å². The van der Waals surface area contributed by atoms with Crippen LogP contribution in [0, 0.1) is 0 Å². The topological polar surface area (TPSA) is 51.6 Å². The van der Waals surface area contributed by atoms with Gasteiger partial charge >= 0.3 is 0 Å². The van der Waals surface area contributed by atoms with Crippen molar-refractivity contribution in [2.75, 3.05) is 0 Å². The Bertz CT molecular complexity index is 3160. The highest BCUT2D eigenvalue weighted by Crippen LogP contribution is 2.45. The smallest absolute Gasteiger partial charge is 0.165 e. The highest BCUT2D eigenvalue weighted by atomic mass is 32.1. The normalized spacial score (nSPS) is 11.8. The van der Waals surface area contributed by atoms with Gasteiger partial charge in [0.2, 0.25) is 0 Å². The monoisotopic (exact) mass is 730 g/mol. The van der Waals surface area contributed by atoms with E-state index in [4.69, 9.17) is 19.9 Å². The zero-order chi connectivity index (χ0) is 34.9. The van der Waals surface area contributed by atoms with Crippen LogP contribution in [0.25, 0.3) is 106 Å². The number of rotatable bonds is 5. The van der Waals surface area contributed by atoms with E-state index in [2.05, 4.69) is 133 Å². The molecule has 0 saturated carbocycles. The Morgan fingerprint density at radius 3 is 1.60 bits per heavy atom. The lowest BCUT2D eigenvalue weighted by atomic mass is 10.0. The predicted octanol–water partition coefficient (Wildman–Crippen LogP) is 13.6. The van der Waals surface area contributed by atoms with E-state index in [1.54, 1.807) is 22.7 Å². The Hall–Kier alpha value is -6.12. The molecular formula is C46H26N4S3. The number of fused-ring (bicyclic) bond motifs is 7. The van der Waals surface area contributed by atoms with Gasteiger partial charge < -0.3 is 0 Å². The number of aromatic nitrogens is 4. The Kier molecular flexibility index (Phi) is 7.05. The van der Waals surface area contributed by atoms with Gasteiger partial charge in [0.25, 0.3) is 0 Å². The van der Waals surface area contributed by atoms with Gasteiger partial charge in [-0.2, -0.15) is 0 Å². The molecule has 248 valence electrons. The summed E-state index contributed by atoms with van der Waals surface area (Å²) in [7, 11) is 0. The molecule has 11 rings (SSSR count). The SMILES string of the molecule is c1ccc(-c2nc(-c3cccc4c3sc3ccccc34)nc(-c3cccc4c3sc3c(-c5cccc(-c6nc7ccccc7s6)c5)cccc34)n2)cc1. The summed E-state index contributed by atoms with van der Waals surface area (Å²) >= 11 is 5.33. The number of hydrogen-bond acceptors (Lipinski definition) is 7. The first-order valence-electron chi connectivity index (χ1n) is 17.4. The summed E-state index contributed by atoms with van der Waals surface area (Å²) in [6, 6.07) is 55.5. The zero-order valence-electron chi connectivity index (χ0n) is 28.0. The molecule has 4 heterocycles. The molecule has 0 bridgehead atoms. The van der Waals surface area contributed by atoms with Crippen molar-refractivity contribution in [1.82, 2.24) is 19.9 Å². The van der Waals surface area contributed by atoms with Crippen LogP contribution in [0.2, 0.25) is 0 Å². The van der Waals surface area contributed by atoms with E-state index < -0.39 is 0 Å². The van der Waals surface area contributed by atoms with Gasteiger partial charge in [0.05, 0.1) is 10.2 Å². The number of thiazole rings is 1. The Morgan fingerprint density at radius 2 is 0.849 bits per heavy atom. The summed E-state index contributed by atoms with van der Waals surface area (Å²) in [6.45, 7) is 0. The lowest BCUT2D eigenvalue weighted by molar-refractivity contribution is 1.08. The zero-order valence-corrected chi connectivity index (χ0v) is 30.5. The fourth-order valence-corrected chi connectivity index (χ4v) is 10.8. The maximum atomic E-state index is 5.27. The second kappa shape index (κ2) is 12.2. The van der Waals surface area contributed by atoms with Gasteiger partial charge in [-0.15, -0.1) is 34.0 Å². The highest BCUT2D eigenvalue weighted by Gasteiger charge is 2.20. The van der Waals surface area contributed by atoms with Crippen molar-refractivity contribution in [3.8, 4) is 55.9 Å². The third kappa shape index (κ3) is 5.08. The van der Waals surface area contributed by atoms with Crippen molar-refractivity contribution in [2.24, 2.45) is 0 Å². The van der Waals surface area contributed by atoms with E-state index in [0.29, 0.717) is 17.5 Å². The third-order valence-corrected chi connectivity index (χ3v) is 13.4. The number of nitrogens with zero attached hydrogens (tertiary/aromatic N) is 4. The first-order valence-corrected chi connectivity index (χ1v) is 19.8. The van der Waals surface area contributed by atoms with E-state index in [-0.39, 0.29) is 0 Å². The molecule has 53 heavy (non-hydrogen) atoms. The van der Waals surface area contributed by atoms with E-state index in [1.165, 1.54) is 51.5 Å². The van der Waals surface area contributed by atoms with Crippen molar-refractivity contribution >= 4 is 84.6 Å². The number of thiophene rings is 2. The van der Waals surface area contributed by atoms with Crippen LogP contribution in [0.1, 0.15) is 0 Å². The summed E-state index contributed by atoms with van der Waals surface area (Å²) in [6.07, 6.45) is 0. The molecule has 0 atom stereocenters. The van der Waals surface area contributed by atoms with Crippen LogP contribution in [0.15, 0.2) is 158 Å². The molecule has 4 aromatic heterocycles. The number of para-hydroxylation sites is 1. The molecule has 0 aliphatic heterocycles.